The first-order chi connectivity index (χ1) is 10.6. The molecular formula is C17H18ClFN2O. The van der Waals surface area contributed by atoms with Crippen molar-refractivity contribution in [2.45, 2.75) is 18.9 Å². The predicted octanol–water partition coefficient (Wildman–Crippen LogP) is 3.82. The minimum Gasteiger partial charge on any atom is -0.388 e. The summed E-state index contributed by atoms with van der Waals surface area (Å²) in [5, 5.41) is 10.6. The van der Waals surface area contributed by atoms with Crippen molar-refractivity contribution in [3.63, 3.8) is 0 Å². The Kier molecular flexibility index (Phi) is 4.60. The van der Waals surface area contributed by atoms with Crippen molar-refractivity contribution in [1.29, 1.82) is 0 Å². The molecule has 2 aromatic rings. The van der Waals surface area contributed by atoms with Crippen molar-refractivity contribution in [3.05, 3.63) is 59.1 Å². The SMILES string of the molecule is OC(c1cccnc1)C1CCN(c2ccc(F)c(Cl)c2)CC1. The van der Waals surface area contributed by atoms with Crippen LogP contribution >= 0.6 is 11.6 Å². The summed E-state index contributed by atoms with van der Waals surface area (Å²) in [7, 11) is 0. The minimum atomic E-state index is -0.479. The zero-order valence-corrected chi connectivity index (χ0v) is 12.9. The molecule has 1 N–H and O–H groups in total. The number of anilines is 1. The average Bonchev–Trinajstić information content (AvgIpc) is 2.58. The molecule has 0 amide bonds. The second kappa shape index (κ2) is 6.63. The van der Waals surface area contributed by atoms with Crippen molar-refractivity contribution in [2.75, 3.05) is 18.0 Å². The van der Waals surface area contributed by atoms with Crippen LogP contribution in [0.3, 0.4) is 0 Å². The lowest BCUT2D eigenvalue weighted by molar-refractivity contribution is 0.0926. The quantitative estimate of drug-likeness (QED) is 0.934. The first-order valence-electron chi connectivity index (χ1n) is 7.43. The van der Waals surface area contributed by atoms with E-state index in [4.69, 9.17) is 11.6 Å². The fourth-order valence-electron chi connectivity index (χ4n) is 2.98. The van der Waals surface area contributed by atoms with E-state index in [1.807, 2.05) is 12.1 Å². The molecule has 0 saturated carbocycles. The summed E-state index contributed by atoms with van der Waals surface area (Å²) in [5.74, 6) is -0.177. The van der Waals surface area contributed by atoms with Crippen LogP contribution in [-0.4, -0.2) is 23.2 Å². The summed E-state index contributed by atoms with van der Waals surface area (Å²) < 4.78 is 13.2. The van der Waals surface area contributed by atoms with E-state index in [1.165, 1.54) is 6.07 Å². The maximum absolute atomic E-state index is 13.2. The zero-order valence-electron chi connectivity index (χ0n) is 12.1. The maximum atomic E-state index is 13.2. The lowest BCUT2D eigenvalue weighted by atomic mass is 9.88. The smallest absolute Gasteiger partial charge is 0.141 e. The molecular weight excluding hydrogens is 303 g/mol. The number of aliphatic hydroxyl groups excluding tert-OH is 1. The first kappa shape index (κ1) is 15.3. The van der Waals surface area contributed by atoms with Gasteiger partial charge in [0.05, 0.1) is 11.1 Å². The molecule has 1 atom stereocenters. The second-order valence-electron chi connectivity index (χ2n) is 5.65. The lowest BCUT2D eigenvalue weighted by Crippen LogP contribution is -2.35. The topological polar surface area (TPSA) is 36.4 Å². The van der Waals surface area contributed by atoms with Crippen LogP contribution in [0.2, 0.25) is 5.02 Å². The molecule has 1 aromatic carbocycles. The number of benzene rings is 1. The van der Waals surface area contributed by atoms with Gasteiger partial charge in [0, 0.05) is 31.2 Å². The summed E-state index contributed by atoms with van der Waals surface area (Å²) in [6.45, 7) is 1.65. The zero-order chi connectivity index (χ0) is 15.5. The van der Waals surface area contributed by atoms with Gasteiger partial charge in [0.25, 0.3) is 0 Å². The highest BCUT2D eigenvalue weighted by atomic mass is 35.5. The molecule has 0 bridgehead atoms. The molecule has 2 heterocycles. The van der Waals surface area contributed by atoms with E-state index in [1.54, 1.807) is 24.5 Å². The fraction of sp³-hybridized carbons (Fsp3) is 0.353. The van der Waals surface area contributed by atoms with Gasteiger partial charge < -0.3 is 10.0 Å². The Morgan fingerprint density at radius 2 is 2.05 bits per heavy atom. The van der Waals surface area contributed by atoms with Gasteiger partial charge in [0.2, 0.25) is 0 Å². The van der Waals surface area contributed by atoms with Crippen LogP contribution in [-0.2, 0) is 0 Å². The van der Waals surface area contributed by atoms with Gasteiger partial charge >= 0.3 is 0 Å². The number of aromatic nitrogens is 1. The summed E-state index contributed by atoms with van der Waals surface area (Å²) in [5.41, 5.74) is 1.80. The standard InChI is InChI=1S/C17H18ClFN2O/c18-15-10-14(3-4-16(15)19)21-8-5-12(6-9-21)17(22)13-2-1-7-20-11-13/h1-4,7,10-12,17,22H,5-6,8-9H2. The second-order valence-corrected chi connectivity index (χ2v) is 6.06. The van der Waals surface area contributed by atoms with Crippen LogP contribution < -0.4 is 4.90 Å². The molecule has 22 heavy (non-hydrogen) atoms. The third kappa shape index (κ3) is 3.23. The summed E-state index contributed by atoms with van der Waals surface area (Å²) in [6, 6.07) is 8.56. The highest BCUT2D eigenvalue weighted by Crippen LogP contribution is 2.33. The van der Waals surface area contributed by atoms with Gasteiger partial charge in [-0.05, 0) is 48.6 Å². The van der Waals surface area contributed by atoms with Crippen LogP contribution in [0.5, 0.6) is 0 Å². The maximum Gasteiger partial charge on any atom is 0.141 e. The molecule has 0 radical (unpaired) electrons. The van der Waals surface area contributed by atoms with Crippen molar-refractivity contribution in [3.8, 4) is 0 Å². The summed E-state index contributed by atoms with van der Waals surface area (Å²) >= 11 is 5.84. The van der Waals surface area contributed by atoms with Gasteiger partial charge in [-0.25, -0.2) is 4.39 Å². The molecule has 1 fully saturated rings. The largest absolute Gasteiger partial charge is 0.388 e. The Bertz CT molecular complexity index is 630. The number of pyridine rings is 1. The van der Waals surface area contributed by atoms with Crippen LogP contribution in [0.1, 0.15) is 24.5 Å². The summed E-state index contributed by atoms with van der Waals surface area (Å²) in [4.78, 5) is 6.24. The van der Waals surface area contributed by atoms with E-state index < -0.39 is 11.9 Å². The Balaban J connectivity index is 1.64. The van der Waals surface area contributed by atoms with E-state index in [0.29, 0.717) is 0 Å². The third-order valence-electron chi connectivity index (χ3n) is 4.28. The lowest BCUT2D eigenvalue weighted by Gasteiger charge is -2.35. The molecule has 1 saturated heterocycles. The van der Waals surface area contributed by atoms with Crippen LogP contribution in [0.15, 0.2) is 42.7 Å². The Hall–Kier alpha value is -1.65. The number of hydrogen-bond donors (Lipinski definition) is 1. The van der Waals surface area contributed by atoms with E-state index in [-0.39, 0.29) is 10.9 Å². The van der Waals surface area contributed by atoms with Crippen molar-refractivity contribution < 1.29 is 9.50 Å². The monoisotopic (exact) mass is 320 g/mol. The van der Waals surface area contributed by atoms with Gasteiger partial charge in [-0.15, -0.1) is 0 Å². The number of aliphatic hydroxyl groups is 1. The van der Waals surface area contributed by atoms with E-state index >= 15 is 0 Å². The Morgan fingerprint density at radius 1 is 1.27 bits per heavy atom. The van der Waals surface area contributed by atoms with Crippen LogP contribution in [0.4, 0.5) is 10.1 Å². The number of nitrogens with zero attached hydrogens (tertiary/aromatic N) is 2. The first-order valence-corrected chi connectivity index (χ1v) is 7.81. The molecule has 3 rings (SSSR count). The number of halogens is 2. The van der Waals surface area contributed by atoms with E-state index in [2.05, 4.69) is 9.88 Å². The fourth-order valence-corrected chi connectivity index (χ4v) is 3.15. The summed E-state index contributed by atoms with van der Waals surface area (Å²) in [6.07, 6.45) is 4.71. The third-order valence-corrected chi connectivity index (χ3v) is 4.57. The molecule has 1 aliphatic rings. The van der Waals surface area contributed by atoms with Gasteiger partial charge in [-0.2, -0.15) is 0 Å². The number of hydrogen-bond acceptors (Lipinski definition) is 3. The van der Waals surface area contributed by atoms with Crippen LogP contribution in [0, 0.1) is 11.7 Å². The molecule has 1 aliphatic heterocycles. The van der Waals surface area contributed by atoms with Gasteiger partial charge in [0.15, 0.2) is 0 Å². The molecule has 1 aromatic heterocycles. The number of rotatable bonds is 3. The molecule has 0 spiro atoms. The van der Waals surface area contributed by atoms with Crippen molar-refractivity contribution in [2.24, 2.45) is 5.92 Å². The molecule has 3 nitrogen and oxygen atoms in total. The number of piperidine rings is 1. The van der Waals surface area contributed by atoms with Crippen molar-refractivity contribution >= 4 is 17.3 Å². The molecule has 116 valence electrons. The average molecular weight is 321 g/mol. The normalized spacial score (nSPS) is 17.5. The highest BCUT2D eigenvalue weighted by Gasteiger charge is 2.26. The Morgan fingerprint density at radius 3 is 2.68 bits per heavy atom. The predicted molar refractivity (Wildman–Crippen MR) is 85.5 cm³/mol. The van der Waals surface area contributed by atoms with Gasteiger partial charge in [0.1, 0.15) is 5.82 Å². The van der Waals surface area contributed by atoms with Gasteiger partial charge in [-0.1, -0.05) is 17.7 Å². The molecule has 0 aliphatic carbocycles. The molecule has 1 unspecified atom stereocenters. The minimum absolute atomic E-state index is 0.148. The Labute approximate surface area is 134 Å². The highest BCUT2D eigenvalue weighted by molar-refractivity contribution is 6.31. The van der Waals surface area contributed by atoms with Gasteiger partial charge in [-0.3, -0.25) is 4.98 Å². The molecule has 5 heteroatoms. The van der Waals surface area contributed by atoms with Crippen LogP contribution in [0.25, 0.3) is 0 Å². The van der Waals surface area contributed by atoms with E-state index in [0.717, 1.165) is 37.2 Å². The van der Waals surface area contributed by atoms with E-state index in [9.17, 15) is 9.50 Å². The van der Waals surface area contributed by atoms with Crippen molar-refractivity contribution in [1.82, 2.24) is 4.98 Å².